The second kappa shape index (κ2) is 6.16. The smallest absolute Gasteiger partial charge is 0.158 e. The zero-order chi connectivity index (χ0) is 13.9. The van der Waals surface area contributed by atoms with Crippen molar-refractivity contribution in [3.05, 3.63) is 29.5 Å². The van der Waals surface area contributed by atoms with Crippen LogP contribution >= 0.6 is 11.8 Å². The Labute approximate surface area is 123 Å². The van der Waals surface area contributed by atoms with Crippen LogP contribution in [-0.2, 0) is 16.1 Å². The van der Waals surface area contributed by atoms with Crippen molar-refractivity contribution < 1.29 is 9.47 Å². The second-order valence-electron chi connectivity index (χ2n) is 5.07. The summed E-state index contributed by atoms with van der Waals surface area (Å²) in [4.78, 5) is 0. The maximum absolute atomic E-state index is 5.90. The average molecular weight is 292 g/mol. The molecule has 2 aromatic heterocycles. The number of aryl methyl sites for hydroxylation is 1. The third-order valence-electron chi connectivity index (χ3n) is 3.69. The molecule has 2 aromatic rings. The fourth-order valence-electron chi connectivity index (χ4n) is 2.65. The summed E-state index contributed by atoms with van der Waals surface area (Å²) in [6, 6.07) is 4.13. The molecule has 1 unspecified atom stereocenters. The molecule has 1 fully saturated rings. The van der Waals surface area contributed by atoms with Gasteiger partial charge in [-0.05, 0) is 38.5 Å². The minimum absolute atomic E-state index is 0.0488. The van der Waals surface area contributed by atoms with Gasteiger partial charge in [0.1, 0.15) is 5.03 Å². The predicted molar refractivity (Wildman–Crippen MR) is 80.1 cm³/mol. The van der Waals surface area contributed by atoms with Crippen LogP contribution in [0.2, 0.25) is 0 Å². The summed E-state index contributed by atoms with van der Waals surface area (Å²) in [6.07, 6.45) is 7.33. The van der Waals surface area contributed by atoms with Gasteiger partial charge in [-0.15, -0.1) is 11.8 Å². The summed E-state index contributed by atoms with van der Waals surface area (Å²) >= 11 is 1.68. The molecule has 0 amide bonds. The maximum atomic E-state index is 5.90. The number of aromatic nitrogens is 2. The first-order valence-electron chi connectivity index (χ1n) is 7.03. The molecule has 0 bridgehead atoms. The van der Waals surface area contributed by atoms with Crippen LogP contribution in [0.15, 0.2) is 23.4 Å². The minimum atomic E-state index is -0.0488. The third-order valence-corrected chi connectivity index (χ3v) is 4.46. The summed E-state index contributed by atoms with van der Waals surface area (Å²) in [5.41, 5.74) is 3.56. The lowest BCUT2D eigenvalue weighted by Gasteiger charge is -2.22. The van der Waals surface area contributed by atoms with Crippen LogP contribution in [0.25, 0.3) is 5.52 Å². The molecule has 3 rings (SSSR count). The first-order chi connectivity index (χ1) is 9.79. The van der Waals surface area contributed by atoms with E-state index in [0.29, 0.717) is 6.61 Å². The van der Waals surface area contributed by atoms with E-state index in [1.54, 1.807) is 11.8 Å². The minimum Gasteiger partial charge on any atom is -0.353 e. The first kappa shape index (κ1) is 13.9. The first-order valence-corrected chi connectivity index (χ1v) is 8.26. The number of pyridine rings is 1. The molecular formula is C15H20N2O2S. The van der Waals surface area contributed by atoms with Gasteiger partial charge in [0.15, 0.2) is 6.29 Å². The van der Waals surface area contributed by atoms with Crippen LogP contribution < -0.4 is 0 Å². The molecular weight excluding hydrogens is 272 g/mol. The molecule has 0 N–H and O–H groups in total. The Kier molecular flexibility index (Phi) is 4.29. The van der Waals surface area contributed by atoms with Crippen LogP contribution in [0.5, 0.6) is 0 Å². The van der Waals surface area contributed by atoms with Gasteiger partial charge in [-0.1, -0.05) is 6.07 Å². The van der Waals surface area contributed by atoms with E-state index in [-0.39, 0.29) is 6.29 Å². The van der Waals surface area contributed by atoms with E-state index >= 15 is 0 Å². The van der Waals surface area contributed by atoms with Gasteiger partial charge in [-0.3, -0.25) is 0 Å². The molecule has 1 saturated heterocycles. The molecule has 5 heteroatoms. The van der Waals surface area contributed by atoms with Crippen molar-refractivity contribution in [1.82, 2.24) is 9.61 Å². The summed E-state index contributed by atoms with van der Waals surface area (Å²) in [5.74, 6) is 0. The molecule has 4 nitrogen and oxygen atoms in total. The van der Waals surface area contributed by atoms with Crippen molar-refractivity contribution in [3.8, 4) is 0 Å². The summed E-state index contributed by atoms with van der Waals surface area (Å²) in [7, 11) is 0. The lowest BCUT2D eigenvalue weighted by Crippen LogP contribution is -2.22. The molecule has 0 aliphatic carbocycles. The van der Waals surface area contributed by atoms with E-state index in [2.05, 4.69) is 24.3 Å². The molecule has 1 atom stereocenters. The van der Waals surface area contributed by atoms with Crippen LogP contribution in [0.1, 0.15) is 30.4 Å². The number of ether oxygens (including phenoxy) is 2. The Morgan fingerprint density at radius 2 is 2.40 bits per heavy atom. The van der Waals surface area contributed by atoms with Gasteiger partial charge < -0.3 is 9.47 Å². The normalized spacial score (nSPS) is 19.6. The topological polar surface area (TPSA) is 35.8 Å². The van der Waals surface area contributed by atoms with Crippen LogP contribution in [0.3, 0.4) is 0 Å². The van der Waals surface area contributed by atoms with Crippen LogP contribution in [0.4, 0.5) is 0 Å². The maximum Gasteiger partial charge on any atom is 0.158 e. The van der Waals surface area contributed by atoms with Crippen molar-refractivity contribution in [3.63, 3.8) is 0 Å². The molecule has 0 radical (unpaired) electrons. The zero-order valence-electron chi connectivity index (χ0n) is 12.0. The van der Waals surface area contributed by atoms with Crippen LogP contribution in [0, 0.1) is 6.92 Å². The fraction of sp³-hybridized carbons (Fsp3) is 0.533. The van der Waals surface area contributed by atoms with Gasteiger partial charge in [0.05, 0.1) is 12.1 Å². The highest BCUT2D eigenvalue weighted by Crippen LogP contribution is 2.26. The monoisotopic (exact) mass is 292 g/mol. The van der Waals surface area contributed by atoms with Crippen molar-refractivity contribution >= 4 is 17.3 Å². The number of rotatable bonds is 4. The highest BCUT2D eigenvalue weighted by Gasteiger charge is 2.16. The Hall–Kier alpha value is -1.04. The number of hydrogen-bond acceptors (Lipinski definition) is 4. The lowest BCUT2D eigenvalue weighted by molar-refractivity contribution is -0.168. The van der Waals surface area contributed by atoms with Crippen molar-refractivity contribution in [1.29, 1.82) is 0 Å². The van der Waals surface area contributed by atoms with E-state index in [1.807, 2.05) is 16.8 Å². The Bertz CT molecular complexity index is 591. The van der Waals surface area contributed by atoms with Gasteiger partial charge in [0.25, 0.3) is 0 Å². The van der Waals surface area contributed by atoms with Gasteiger partial charge in [-0.25, -0.2) is 4.52 Å². The SMILES string of the molecule is CSc1nn2cccc(COC3CCCCO3)c2c1C. The largest absolute Gasteiger partial charge is 0.353 e. The van der Waals surface area contributed by atoms with E-state index in [4.69, 9.17) is 9.47 Å². The molecule has 1 aliphatic heterocycles. The molecule has 1 aliphatic rings. The molecule has 108 valence electrons. The number of hydrogen-bond donors (Lipinski definition) is 0. The Balaban J connectivity index is 1.81. The molecule has 0 aromatic carbocycles. The van der Waals surface area contributed by atoms with Gasteiger partial charge in [-0.2, -0.15) is 5.10 Å². The van der Waals surface area contributed by atoms with E-state index in [0.717, 1.165) is 30.0 Å². The fourth-order valence-corrected chi connectivity index (χ4v) is 3.22. The number of thioether (sulfide) groups is 1. The molecule has 20 heavy (non-hydrogen) atoms. The molecule has 0 spiro atoms. The second-order valence-corrected chi connectivity index (χ2v) is 5.86. The van der Waals surface area contributed by atoms with Crippen molar-refractivity contribution in [2.24, 2.45) is 0 Å². The van der Waals surface area contributed by atoms with Crippen molar-refractivity contribution in [2.45, 2.75) is 44.1 Å². The van der Waals surface area contributed by atoms with Gasteiger partial charge in [0, 0.05) is 23.9 Å². The third kappa shape index (κ3) is 2.71. The van der Waals surface area contributed by atoms with Crippen LogP contribution in [-0.4, -0.2) is 28.8 Å². The summed E-state index contributed by atoms with van der Waals surface area (Å²) < 4.78 is 13.5. The van der Waals surface area contributed by atoms with E-state index in [9.17, 15) is 0 Å². The summed E-state index contributed by atoms with van der Waals surface area (Å²) in [6.45, 7) is 3.52. The number of fused-ring (bicyclic) bond motifs is 1. The van der Waals surface area contributed by atoms with E-state index < -0.39 is 0 Å². The lowest BCUT2D eigenvalue weighted by atomic mass is 10.2. The van der Waals surface area contributed by atoms with Gasteiger partial charge >= 0.3 is 0 Å². The standard InChI is InChI=1S/C15H20N2O2S/c1-11-14-12(10-19-13-7-3-4-9-18-13)6-5-8-17(14)16-15(11)20-2/h5-6,8,13H,3-4,7,9-10H2,1-2H3. The highest BCUT2D eigenvalue weighted by atomic mass is 32.2. The van der Waals surface area contributed by atoms with Gasteiger partial charge in [0.2, 0.25) is 0 Å². The summed E-state index contributed by atoms with van der Waals surface area (Å²) in [5, 5.41) is 5.65. The molecule has 3 heterocycles. The average Bonchev–Trinajstić information content (AvgIpc) is 2.83. The molecule has 0 saturated carbocycles. The number of nitrogens with zero attached hydrogens (tertiary/aromatic N) is 2. The van der Waals surface area contributed by atoms with Crippen molar-refractivity contribution in [2.75, 3.05) is 12.9 Å². The predicted octanol–water partition coefficient (Wildman–Crippen LogP) is 3.41. The van der Waals surface area contributed by atoms with E-state index in [1.165, 1.54) is 17.5 Å². The Morgan fingerprint density at radius 1 is 1.50 bits per heavy atom. The highest BCUT2D eigenvalue weighted by molar-refractivity contribution is 7.98. The zero-order valence-corrected chi connectivity index (χ0v) is 12.8. The quantitative estimate of drug-likeness (QED) is 0.809. The Morgan fingerprint density at radius 3 is 3.15 bits per heavy atom.